The highest BCUT2D eigenvalue weighted by Crippen LogP contribution is 2.25. The molecule has 1 amide bonds. The van der Waals surface area contributed by atoms with Gasteiger partial charge in [-0.3, -0.25) is 9.69 Å². The number of rotatable bonds is 4. The summed E-state index contributed by atoms with van der Waals surface area (Å²) in [7, 11) is 1.68. The lowest BCUT2D eigenvalue weighted by Crippen LogP contribution is -2.28. The minimum atomic E-state index is -0.384. The molecule has 2 aromatic carbocycles. The number of amides is 1. The molecule has 3 rings (SSSR count). The Bertz CT molecular complexity index is 994. The average Bonchev–Trinajstić information content (AvgIpc) is 3.24. The van der Waals surface area contributed by atoms with Gasteiger partial charge in [0.1, 0.15) is 17.2 Å². The molecule has 0 fully saturated rings. The molecule has 7 heteroatoms. The minimum absolute atomic E-state index is 0.0285. The molecule has 0 spiro atoms. The van der Waals surface area contributed by atoms with Gasteiger partial charge in [0.2, 0.25) is 0 Å². The Kier molecular flexibility index (Phi) is 12.6. The SMILES string of the molecule is CC(C)C(=O)OC(C)(C)C.CC(C)OC(=O)N1Cc2cccc(F)c2C1.COc1ccc(C(C)C)cc1. The van der Waals surface area contributed by atoms with Crippen LogP contribution in [0.25, 0.3) is 0 Å². The number of hydrogen-bond donors (Lipinski definition) is 0. The van der Waals surface area contributed by atoms with Crippen LogP contribution in [0.1, 0.15) is 84.9 Å². The Morgan fingerprint density at radius 2 is 1.51 bits per heavy atom. The summed E-state index contributed by atoms with van der Waals surface area (Å²) in [4.78, 5) is 24.1. The summed E-state index contributed by atoms with van der Waals surface area (Å²) >= 11 is 0. The second-order valence-electron chi connectivity index (χ2n) is 10.8. The van der Waals surface area contributed by atoms with E-state index in [-0.39, 0.29) is 35.5 Å². The Balaban J connectivity index is 0.000000290. The molecule has 0 saturated carbocycles. The molecule has 0 bridgehead atoms. The van der Waals surface area contributed by atoms with Gasteiger partial charge in [0.05, 0.1) is 25.7 Å². The number of ether oxygens (including phenoxy) is 3. The Labute approximate surface area is 222 Å². The number of hydrogen-bond acceptors (Lipinski definition) is 5. The van der Waals surface area contributed by atoms with Crippen LogP contribution < -0.4 is 4.74 Å². The van der Waals surface area contributed by atoms with E-state index in [1.165, 1.54) is 16.5 Å². The molecule has 6 nitrogen and oxygen atoms in total. The lowest BCUT2D eigenvalue weighted by atomic mass is 10.0. The molecule has 206 valence electrons. The van der Waals surface area contributed by atoms with Crippen LogP contribution >= 0.6 is 0 Å². The lowest BCUT2D eigenvalue weighted by molar-refractivity contribution is -0.158. The first-order valence-electron chi connectivity index (χ1n) is 12.7. The molecule has 0 atom stereocenters. The van der Waals surface area contributed by atoms with Gasteiger partial charge in [0.15, 0.2) is 0 Å². The third-order valence-electron chi connectivity index (χ3n) is 5.18. The highest BCUT2D eigenvalue weighted by Gasteiger charge is 2.27. The van der Waals surface area contributed by atoms with E-state index in [4.69, 9.17) is 14.2 Å². The topological polar surface area (TPSA) is 65.1 Å². The summed E-state index contributed by atoms with van der Waals surface area (Å²) in [5.74, 6) is 1.11. The number of carbonyl (C=O) groups is 2. The van der Waals surface area contributed by atoms with Crippen molar-refractivity contribution in [3.63, 3.8) is 0 Å². The monoisotopic (exact) mass is 517 g/mol. The lowest BCUT2D eigenvalue weighted by Gasteiger charge is -2.20. The van der Waals surface area contributed by atoms with Crippen molar-refractivity contribution < 1.29 is 28.2 Å². The van der Waals surface area contributed by atoms with Crippen LogP contribution in [0, 0.1) is 11.7 Å². The maximum atomic E-state index is 13.4. The molecule has 1 aliphatic rings. The predicted octanol–water partition coefficient (Wildman–Crippen LogP) is 7.49. The van der Waals surface area contributed by atoms with Crippen molar-refractivity contribution in [2.45, 2.75) is 93.0 Å². The Morgan fingerprint density at radius 3 is 1.92 bits per heavy atom. The van der Waals surface area contributed by atoms with E-state index in [9.17, 15) is 14.0 Å². The number of halogens is 1. The van der Waals surface area contributed by atoms with Crippen LogP contribution in [-0.4, -0.2) is 35.8 Å². The second kappa shape index (κ2) is 14.6. The van der Waals surface area contributed by atoms with E-state index in [1.807, 2.05) is 52.8 Å². The van der Waals surface area contributed by atoms with Gasteiger partial charge in [-0.25, -0.2) is 9.18 Å². The normalized spacial score (nSPS) is 12.3. The summed E-state index contributed by atoms with van der Waals surface area (Å²) in [5.41, 5.74) is 2.47. The second-order valence-corrected chi connectivity index (χ2v) is 10.8. The molecule has 2 aromatic rings. The smallest absolute Gasteiger partial charge is 0.410 e. The molecule has 1 aliphatic heterocycles. The van der Waals surface area contributed by atoms with Gasteiger partial charge in [-0.05, 0) is 69.9 Å². The fourth-order valence-electron chi connectivity index (χ4n) is 3.19. The molecule has 0 N–H and O–H groups in total. The predicted molar refractivity (Wildman–Crippen MR) is 145 cm³/mol. The van der Waals surface area contributed by atoms with Crippen molar-refractivity contribution in [2.24, 2.45) is 5.92 Å². The van der Waals surface area contributed by atoms with Crippen LogP contribution in [0.15, 0.2) is 42.5 Å². The van der Waals surface area contributed by atoms with Crippen molar-refractivity contribution in [3.05, 3.63) is 65.0 Å². The molecule has 0 aromatic heterocycles. The number of fused-ring (bicyclic) bond motifs is 1. The fourth-order valence-corrected chi connectivity index (χ4v) is 3.19. The van der Waals surface area contributed by atoms with Gasteiger partial charge >= 0.3 is 12.1 Å². The van der Waals surface area contributed by atoms with Crippen LogP contribution in [0.5, 0.6) is 5.75 Å². The fraction of sp³-hybridized carbons (Fsp3) is 0.533. The van der Waals surface area contributed by atoms with Crippen molar-refractivity contribution >= 4 is 12.1 Å². The maximum absolute atomic E-state index is 13.4. The zero-order valence-electron chi connectivity index (χ0n) is 24.1. The minimum Gasteiger partial charge on any atom is -0.497 e. The quantitative estimate of drug-likeness (QED) is 0.393. The standard InChI is InChI=1S/C12H14FNO2.C10H14O.C8H16O2/c1-8(2)16-12(15)14-6-9-4-3-5-11(13)10(9)7-14;1-8(2)9-4-6-10(11-3)7-5-9;1-6(2)7(9)10-8(3,4)5/h3-5,8H,6-7H2,1-2H3;4-8H,1-3H3;6H,1-5H3. The number of carbonyl (C=O) groups excluding carboxylic acids is 2. The summed E-state index contributed by atoms with van der Waals surface area (Å²) in [5, 5.41) is 0. The zero-order valence-corrected chi connectivity index (χ0v) is 24.1. The van der Waals surface area contributed by atoms with Crippen LogP contribution in [0.4, 0.5) is 9.18 Å². The molecule has 0 radical (unpaired) electrons. The van der Waals surface area contributed by atoms with E-state index < -0.39 is 0 Å². The van der Waals surface area contributed by atoms with Gasteiger partial charge in [-0.1, -0.05) is 52.0 Å². The summed E-state index contributed by atoms with van der Waals surface area (Å²) in [6, 6.07) is 13.1. The van der Waals surface area contributed by atoms with Gasteiger partial charge in [0.25, 0.3) is 0 Å². The van der Waals surface area contributed by atoms with Gasteiger partial charge in [-0.15, -0.1) is 0 Å². The van der Waals surface area contributed by atoms with Crippen molar-refractivity contribution in [1.82, 2.24) is 4.90 Å². The van der Waals surface area contributed by atoms with Crippen molar-refractivity contribution in [1.29, 1.82) is 0 Å². The van der Waals surface area contributed by atoms with E-state index in [1.54, 1.807) is 27.0 Å². The number of methoxy groups -OCH3 is 1. The Hall–Kier alpha value is -3.09. The van der Waals surface area contributed by atoms with Crippen LogP contribution in [0.2, 0.25) is 0 Å². The van der Waals surface area contributed by atoms with Gasteiger partial charge < -0.3 is 14.2 Å². The highest BCUT2D eigenvalue weighted by molar-refractivity contribution is 5.72. The van der Waals surface area contributed by atoms with E-state index in [2.05, 4.69) is 26.0 Å². The maximum Gasteiger partial charge on any atom is 0.410 e. The molecule has 0 saturated heterocycles. The largest absolute Gasteiger partial charge is 0.497 e. The number of esters is 1. The molecular weight excluding hydrogens is 473 g/mol. The average molecular weight is 518 g/mol. The van der Waals surface area contributed by atoms with Crippen molar-refractivity contribution in [3.8, 4) is 5.75 Å². The zero-order chi connectivity index (χ0) is 28.3. The van der Waals surface area contributed by atoms with Gasteiger partial charge in [-0.2, -0.15) is 0 Å². The summed E-state index contributed by atoms with van der Waals surface area (Å²) in [6.07, 6.45) is -0.536. The number of benzene rings is 2. The Morgan fingerprint density at radius 1 is 0.919 bits per heavy atom. The van der Waals surface area contributed by atoms with E-state index >= 15 is 0 Å². The first-order chi connectivity index (χ1) is 17.1. The molecule has 37 heavy (non-hydrogen) atoms. The van der Waals surface area contributed by atoms with E-state index in [0.717, 1.165) is 11.3 Å². The highest BCUT2D eigenvalue weighted by atomic mass is 19.1. The first-order valence-corrected chi connectivity index (χ1v) is 12.7. The third-order valence-corrected chi connectivity index (χ3v) is 5.18. The third kappa shape index (κ3) is 11.7. The van der Waals surface area contributed by atoms with Crippen LogP contribution in [-0.2, 0) is 27.4 Å². The first kappa shape index (κ1) is 31.9. The number of nitrogens with zero attached hydrogens (tertiary/aromatic N) is 1. The van der Waals surface area contributed by atoms with Crippen molar-refractivity contribution in [2.75, 3.05) is 7.11 Å². The summed E-state index contributed by atoms with van der Waals surface area (Å²) < 4.78 is 28.6. The van der Waals surface area contributed by atoms with Gasteiger partial charge in [0, 0.05) is 12.1 Å². The molecule has 1 heterocycles. The summed E-state index contributed by atoms with van der Waals surface area (Å²) in [6.45, 7) is 17.9. The molecule has 0 unspecified atom stereocenters. The van der Waals surface area contributed by atoms with E-state index in [0.29, 0.717) is 24.6 Å². The molecule has 0 aliphatic carbocycles. The van der Waals surface area contributed by atoms with Crippen LogP contribution in [0.3, 0.4) is 0 Å². The molecular formula is C30H44FNO5.